The van der Waals surface area contributed by atoms with Crippen LogP contribution in [0, 0.1) is 11.3 Å². The first kappa shape index (κ1) is 15.9. The van der Waals surface area contributed by atoms with E-state index in [9.17, 15) is 10.1 Å². The quantitative estimate of drug-likeness (QED) is 0.704. The molecule has 4 nitrogen and oxygen atoms in total. The summed E-state index contributed by atoms with van der Waals surface area (Å²) in [6, 6.07) is 21.0. The Morgan fingerprint density at radius 3 is 2.17 bits per heavy atom. The lowest BCUT2D eigenvalue weighted by Gasteiger charge is -2.03. The summed E-state index contributed by atoms with van der Waals surface area (Å²) in [7, 11) is 0. The van der Waals surface area contributed by atoms with E-state index >= 15 is 0 Å². The molecule has 0 aliphatic rings. The van der Waals surface area contributed by atoms with Crippen molar-refractivity contribution in [2.45, 2.75) is 0 Å². The van der Waals surface area contributed by atoms with Gasteiger partial charge in [-0.3, -0.25) is 10.1 Å². The zero-order valence-corrected chi connectivity index (χ0v) is 13.4. The van der Waals surface area contributed by atoms with Crippen molar-refractivity contribution in [3.05, 3.63) is 66.2 Å². The van der Waals surface area contributed by atoms with Crippen LogP contribution in [0.2, 0.25) is 0 Å². The number of benzene rings is 2. The van der Waals surface area contributed by atoms with Crippen molar-refractivity contribution in [1.29, 1.82) is 5.26 Å². The van der Waals surface area contributed by atoms with Gasteiger partial charge in [-0.05, 0) is 5.56 Å². The Morgan fingerprint density at radius 1 is 1.04 bits per heavy atom. The molecule has 3 aromatic rings. The van der Waals surface area contributed by atoms with Gasteiger partial charge >= 0.3 is 0 Å². The number of nitrogens with zero attached hydrogens (tertiary/aromatic N) is 1. The van der Waals surface area contributed by atoms with Crippen LogP contribution in [0.1, 0.15) is 5.56 Å². The van der Waals surface area contributed by atoms with Crippen LogP contribution in [-0.4, -0.2) is 11.8 Å². The summed E-state index contributed by atoms with van der Waals surface area (Å²) in [4.78, 5) is 11.6. The van der Waals surface area contributed by atoms with Crippen LogP contribution < -0.4 is 5.32 Å². The molecule has 1 amide bonds. The number of carbonyl (C=O) groups excluding carboxylic acids is 1. The molecule has 1 aromatic heterocycles. The minimum absolute atomic E-state index is 0.112. The van der Waals surface area contributed by atoms with Crippen LogP contribution in [0.5, 0.6) is 0 Å². The number of halogens is 1. The lowest BCUT2D eigenvalue weighted by molar-refractivity contribution is -0.114. The SMILES string of the molecule is N#Cc1c(NC(=O)CCl)oc(-c2ccccc2)c1-c1ccccc1. The van der Waals surface area contributed by atoms with Gasteiger partial charge in [-0.15, -0.1) is 11.6 Å². The highest BCUT2D eigenvalue weighted by molar-refractivity contribution is 6.29. The zero-order valence-electron chi connectivity index (χ0n) is 12.6. The van der Waals surface area contributed by atoms with Crippen molar-refractivity contribution in [3.63, 3.8) is 0 Å². The van der Waals surface area contributed by atoms with E-state index in [1.807, 2.05) is 60.7 Å². The molecule has 1 heterocycles. The van der Waals surface area contributed by atoms with E-state index in [0.717, 1.165) is 11.1 Å². The number of carbonyl (C=O) groups is 1. The van der Waals surface area contributed by atoms with Gasteiger partial charge in [0.1, 0.15) is 23.3 Å². The monoisotopic (exact) mass is 336 g/mol. The number of nitriles is 1. The molecular formula is C19H13ClN2O2. The van der Waals surface area contributed by atoms with Crippen LogP contribution in [-0.2, 0) is 4.79 Å². The Morgan fingerprint density at radius 2 is 1.62 bits per heavy atom. The van der Waals surface area contributed by atoms with Crippen molar-refractivity contribution in [2.24, 2.45) is 0 Å². The molecule has 0 spiro atoms. The van der Waals surface area contributed by atoms with Gasteiger partial charge in [0.15, 0.2) is 0 Å². The molecule has 0 atom stereocenters. The van der Waals surface area contributed by atoms with Gasteiger partial charge in [-0.1, -0.05) is 60.7 Å². The van der Waals surface area contributed by atoms with Gasteiger partial charge in [0, 0.05) is 11.1 Å². The maximum Gasteiger partial charge on any atom is 0.241 e. The summed E-state index contributed by atoms with van der Waals surface area (Å²) in [6.07, 6.45) is 0. The Hall–Kier alpha value is -3.03. The number of furan rings is 1. The Labute approximate surface area is 144 Å². The first-order valence-electron chi connectivity index (χ1n) is 7.28. The van der Waals surface area contributed by atoms with Crippen LogP contribution >= 0.6 is 11.6 Å². The smallest absolute Gasteiger partial charge is 0.241 e. The largest absolute Gasteiger partial charge is 0.438 e. The molecule has 0 bridgehead atoms. The summed E-state index contributed by atoms with van der Waals surface area (Å²) < 4.78 is 5.84. The molecular weight excluding hydrogens is 324 g/mol. The Kier molecular flexibility index (Phi) is 4.64. The van der Waals surface area contributed by atoms with Crippen molar-refractivity contribution in [3.8, 4) is 28.5 Å². The molecule has 0 unspecified atom stereocenters. The first-order chi connectivity index (χ1) is 11.7. The van der Waals surface area contributed by atoms with E-state index < -0.39 is 5.91 Å². The van der Waals surface area contributed by atoms with Gasteiger partial charge < -0.3 is 4.42 Å². The van der Waals surface area contributed by atoms with Crippen LogP contribution in [0.3, 0.4) is 0 Å². The Balaban J connectivity index is 2.24. The summed E-state index contributed by atoms with van der Waals surface area (Å²) in [5.74, 6) is -0.00220. The summed E-state index contributed by atoms with van der Waals surface area (Å²) in [5.41, 5.74) is 2.58. The molecule has 0 aliphatic carbocycles. The molecule has 0 saturated carbocycles. The molecule has 2 aromatic carbocycles. The van der Waals surface area contributed by atoms with Crippen molar-refractivity contribution >= 4 is 23.4 Å². The van der Waals surface area contributed by atoms with E-state index in [-0.39, 0.29) is 17.3 Å². The van der Waals surface area contributed by atoms with Gasteiger partial charge in [-0.2, -0.15) is 5.26 Å². The lowest BCUT2D eigenvalue weighted by Crippen LogP contribution is -2.12. The van der Waals surface area contributed by atoms with Crippen molar-refractivity contribution in [2.75, 3.05) is 11.2 Å². The Bertz CT molecular complexity index is 896. The fourth-order valence-electron chi connectivity index (χ4n) is 2.46. The van der Waals surface area contributed by atoms with Crippen molar-refractivity contribution in [1.82, 2.24) is 0 Å². The molecule has 3 rings (SSSR count). The lowest BCUT2D eigenvalue weighted by atomic mass is 9.98. The topological polar surface area (TPSA) is 66.0 Å². The minimum Gasteiger partial charge on any atom is -0.438 e. The van der Waals surface area contributed by atoms with E-state index in [0.29, 0.717) is 11.3 Å². The number of anilines is 1. The van der Waals surface area contributed by atoms with Gasteiger partial charge in [-0.25, -0.2) is 0 Å². The van der Waals surface area contributed by atoms with E-state index in [4.69, 9.17) is 16.0 Å². The average molecular weight is 337 g/mol. The van der Waals surface area contributed by atoms with Crippen LogP contribution in [0.15, 0.2) is 65.1 Å². The highest BCUT2D eigenvalue weighted by Crippen LogP contribution is 2.41. The predicted octanol–water partition coefficient (Wildman–Crippen LogP) is 4.66. The highest BCUT2D eigenvalue weighted by Gasteiger charge is 2.23. The van der Waals surface area contributed by atoms with Gasteiger partial charge in [0.2, 0.25) is 11.8 Å². The first-order valence-corrected chi connectivity index (χ1v) is 7.81. The van der Waals surface area contributed by atoms with Crippen LogP contribution in [0.25, 0.3) is 22.5 Å². The summed E-state index contributed by atoms with van der Waals surface area (Å²) in [5, 5.41) is 12.2. The van der Waals surface area contributed by atoms with Crippen LogP contribution in [0.4, 0.5) is 5.88 Å². The summed E-state index contributed by atoms with van der Waals surface area (Å²) >= 11 is 5.54. The third-order valence-electron chi connectivity index (χ3n) is 3.49. The normalized spacial score (nSPS) is 10.2. The minimum atomic E-state index is -0.429. The molecule has 0 saturated heterocycles. The third kappa shape index (κ3) is 3.03. The number of amides is 1. The van der Waals surface area contributed by atoms with E-state index in [2.05, 4.69) is 11.4 Å². The second-order valence-electron chi connectivity index (χ2n) is 5.04. The summed E-state index contributed by atoms with van der Waals surface area (Å²) in [6.45, 7) is 0. The fraction of sp³-hybridized carbons (Fsp3) is 0.0526. The standard InChI is InChI=1S/C19H13ClN2O2/c20-11-16(23)22-19-15(12-21)17(13-7-3-1-4-8-13)18(24-19)14-9-5-2-6-10-14/h1-10H,11H2,(H,22,23). The molecule has 118 valence electrons. The number of nitrogens with one attached hydrogen (secondary N) is 1. The molecule has 1 N–H and O–H groups in total. The maximum absolute atomic E-state index is 11.6. The predicted molar refractivity (Wildman–Crippen MR) is 93.6 cm³/mol. The van der Waals surface area contributed by atoms with Crippen molar-refractivity contribution < 1.29 is 9.21 Å². The number of rotatable bonds is 4. The second kappa shape index (κ2) is 7.03. The fourth-order valence-corrected chi connectivity index (χ4v) is 2.53. The molecule has 24 heavy (non-hydrogen) atoms. The molecule has 0 aliphatic heterocycles. The van der Waals surface area contributed by atoms with Gasteiger partial charge in [0.25, 0.3) is 0 Å². The van der Waals surface area contributed by atoms with E-state index in [1.54, 1.807) is 0 Å². The zero-order chi connectivity index (χ0) is 16.9. The molecule has 0 radical (unpaired) electrons. The second-order valence-corrected chi connectivity index (χ2v) is 5.30. The molecule has 5 heteroatoms. The average Bonchev–Trinajstić information content (AvgIpc) is 3.01. The maximum atomic E-state index is 11.6. The number of hydrogen-bond acceptors (Lipinski definition) is 3. The molecule has 0 fully saturated rings. The van der Waals surface area contributed by atoms with E-state index in [1.165, 1.54) is 0 Å². The number of alkyl halides is 1. The third-order valence-corrected chi connectivity index (χ3v) is 3.74. The van der Waals surface area contributed by atoms with Gasteiger partial charge in [0.05, 0.1) is 0 Å². The number of hydrogen-bond donors (Lipinski definition) is 1. The highest BCUT2D eigenvalue weighted by atomic mass is 35.5.